The Bertz CT molecular complexity index is 540. The number of Topliss-reactive ketones (excluding diaryl/α,β-unsaturated/α-hetero) is 1. The molecule has 1 aromatic rings. The van der Waals surface area contributed by atoms with Gasteiger partial charge in [-0.05, 0) is 26.7 Å². The van der Waals surface area contributed by atoms with Crippen LogP contribution in [-0.2, 0) is 6.42 Å². The molecule has 124 valence electrons. The first-order valence-electron chi connectivity index (χ1n) is 8.69. The van der Waals surface area contributed by atoms with Gasteiger partial charge in [-0.15, -0.1) is 0 Å². The van der Waals surface area contributed by atoms with Gasteiger partial charge in [0.05, 0.1) is 0 Å². The smallest absolute Gasteiger partial charge is 0.198 e. The maximum atomic E-state index is 12.3. The molecule has 0 aromatic carbocycles. The van der Waals surface area contributed by atoms with Gasteiger partial charge < -0.3 is 4.42 Å². The Balaban J connectivity index is 2.55. The van der Waals surface area contributed by atoms with E-state index < -0.39 is 0 Å². The lowest BCUT2D eigenvalue weighted by molar-refractivity contribution is 0.0946. The highest BCUT2D eigenvalue weighted by Crippen LogP contribution is 2.16. The van der Waals surface area contributed by atoms with Crippen molar-refractivity contribution >= 4 is 5.78 Å². The zero-order valence-electron chi connectivity index (χ0n) is 14.6. The number of ketones is 1. The summed E-state index contributed by atoms with van der Waals surface area (Å²) in [6.45, 7) is 7.60. The number of hydrogen-bond donors (Lipinski definition) is 0. The molecule has 0 fully saturated rings. The Morgan fingerprint density at radius 3 is 2.14 bits per heavy atom. The van der Waals surface area contributed by atoms with E-state index in [0.29, 0.717) is 29.7 Å². The molecule has 0 amide bonds. The highest BCUT2D eigenvalue weighted by molar-refractivity contribution is 5.94. The van der Waals surface area contributed by atoms with Gasteiger partial charge in [-0.25, -0.2) is 0 Å². The van der Waals surface area contributed by atoms with Gasteiger partial charge in [0, 0.05) is 17.5 Å². The summed E-state index contributed by atoms with van der Waals surface area (Å²) in [5.74, 6) is 0.820. The highest BCUT2D eigenvalue weighted by atomic mass is 16.3. The molecule has 0 N–H and O–H groups in total. The summed E-state index contributed by atoms with van der Waals surface area (Å²) < 4.78 is 5.63. The molecule has 0 atom stereocenters. The molecule has 3 heteroatoms. The number of hydrogen-bond acceptors (Lipinski definition) is 3. The minimum absolute atomic E-state index is 0.0332. The number of carbonyl (C=O) groups is 1. The van der Waals surface area contributed by atoms with Crippen molar-refractivity contribution in [3.63, 3.8) is 0 Å². The van der Waals surface area contributed by atoms with Crippen molar-refractivity contribution in [2.24, 2.45) is 0 Å². The topological polar surface area (TPSA) is 47.3 Å². The molecule has 1 heterocycles. The molecule has 0 spiro atoms. The third-order valence-electron chi connectivity index (χ3n) is 4.25. The van der Waals surface area contributed by atoms with Gasteiger partial charge in [0.25, 0.3) is 0 Å². The summed E-state index contributed by atoms with van der Waals surface area (Å²) in [7, 11) is 0. The van der Waals surface area contributed by atoms with E-state index in [1.807, 2.05) is 6.92 Å². The molecule has 0 radical (unpaired) electrons. The highest BCUT2D eigenvalue weighted by Gasteiger charge is 2.18. The van der Waals surface area contributed by atoms with E-state index in [1.54, 1.807) is 13.8 Å². The summed E-state index contributed by atoms with van der Waals surface area (Å²) in [6, 6.07) is 0. The van der Waals surface area contributed by atoms with E-state index >= 15 is 0 Å². The third-order valence-corrected chi connectivity index (χ3v) is 4.25. The first-order valence-corrected chi connectivity index (χ1v) is 8.69. The molecule has 0 saturated carbocycles. The SMILES string of the molecule is CCCCCCCCCC(=O)c1oc(C)c(CC)c(=O)c1C. The van der Waals surface area contributed by atoms with E-state index in [1.165, 1.54) is 32.1 Å². The second-order valence-electron chi connectivity index (χ2n) is 6.07. The summed E-state index contributed by atoms with van der Waals surface area (Å²) in [6.07, 6.45) is 9.34. The summed E-state index contributed by atoms with van der Waals surface area (Å²) in [4.78, 5) is 24.5. The predicted octanol–water partition coefficient (Wildman–Crippen LogP) is 5.14. The van der Waals surface area contributed by atoms with Crippen molar-refractivity contribution in [3.8, 4) is 0 Å². The number of aryl methyl sites for hydroxylation is 1. The molecule has 0 aliphatic heterocycles. The van der Waals surface area contributed by atoms with Crippen LogP contribution in [0.2, 0.25) is 0 Å². The van der Waals surface area contributed by atoms with Crippen LogP contribution in [0.4, 0.5) is 0 Å². The van der Waals surface area contributed by atoms with Crippen molar-refractivity contribution in [3.05, 3.63) is 32.9 Å². The Labute approximate surface area is 134 Å². The van der Waals surface area contributed by atoms with Crippen LogP contribution in [-0.4, -0.2) is 5.78 Å². The van der Waals surface area contributed by atoms with Crippen molar-refractivity contribution in [1.29, 1.82) is 0 Å². The largest absolute Gasteiger partial charge is 0.457 e. The number of unbranched alkanes of at least 4 members (excludes halogenated alkanes) is 6. The lowest BCUT2D eigenvalue weighted by Gasteiger charge is -2.08. The van der Waals surface area contributed by atoms with Gasteiger partial charge in [-0.3, -0.25) is 9.59 Å². The van der Waals surface area contributed by atoms with Crippen LogP contribution in [0, 0.1) is 13.8 Å². The van der Waals surface area contributed by atoms with Crippen LogP contribution < -0.4 is 5.43 Å². The van der Waals surface area contributed by atoms with Crippen LogP contribution in [0.25, 0.3) is 0 Å². The summed E-state index contributed by atoms with van der Waals surface area (Å²) in [5.41, 5.74) is 1.12. The van der Waals surface area contributed by atoms with E-state index in [0.717, 1.165) is 12.8 Å². The third kappa shape index (κ3) is 5.11. The van der Waals surface area contributed by atoms with Gasteiger partial charge in [0.15, 0.2) is 17.0 Å². The fourth-order valence-electron chi connectivity index (χ4n) is 2.81. The monoisotopic (exact) mass is 306 g/mol. The normalized spacial score (nSPS) is 10.9. The molecule has 3 nitrogen and oxygen atoms in total. The average Bonchev–Trinajstić information content (AvgIpc) is 2.50. The van der Waals surface area contributed by atoms with Crippen LogP contribution in [0.3, 0.4) is 0 Å². The first kappa shape index (κ1) is 18.7. The van der Waals surface area contributed by atoms with E-state index in [2.05, 4.69) is 6.92 Å². The van der Waals surface area contributed by atoms with Crippen LogP contribution in [0.1, 0.15) is 92.7 Å². The van der Waals surface area contributed by atoms with Crippen molar-refractivity contribution in [2.45, 2.75) is 85.5 Å². The van der Waals surface area contributed by atoms with Gasteiger partial charge in [-0.1, -0.05) is 52.4 Å². The fourth-order valence-corrected chi connectivity index (χ4v) is 2.81. The first-order chi connectivity index (χ1) is 10.5. The Morgan fingerprint density at radius 1 is 0.955 bits per heavy atom. The van der Waals surface area contributed by atoms with E-state index in [-0.39, 0.29) is 17.0 Å². The Hall–Kier alpha value is -1.38. The molecule has 0 saturated heterocycles. The molecule has 1 rings (SSSR count). The fraction of sp³-hybridized carbons (Fsp3) is 0.684. The van der Waals surface area contributed by atoms with E-state index in [9.17, 15) is 9.59 Å². The van der Waals surface area contributed by atoms with Gasteiger partial charge in [0.1, 0.15) is 5.76 Å². The number of rotatable bonds is 10. The number of carbonyl (C=O) groups excluding carboxylic acids is 1. The van der Waals surface area contributed by atoms with E-state index in [4.69, 9.17) is 4.42 Å². The maximum Gasteiger partial charge on any atom is 0.198 e. The van der Waals surface area contributed by atoms with Gasteiger partial charge >= 0.3 is 0 Å². The molecule has 1 aromatic heterocycles. The minimum Gasteiger partial charge on any atom is -0.457 e. The quantitative estimate of drug-likeness (QED) is 0.444. The summed E-state index contributed by atoms with van der Waals surface area (Å²) >= 11 is 0. The minimum atomic E-state index is -0.0334. The average molecular weight is 306 g/mol. The second kappa shape index (κ2) is 9.60. The zero-order chi connectivity index (χ0) is 16.5. The Kier molecular flexibility index (Phi) is 8.15. The molecule has 0 aliphatic rings. The zero-order valence-corrected chi connectivity index (χ0v) is 14.6. The Morgan fingerprint density at radius 2 is 1.55 bits per heavy atom. The van der Waals surface area contributed by atoms with Crippen LogP contribution in [0.15, 0.2) is 9.21 Å². The second-order valence-corrected chi connectivity index (χ2v) is 6.07. The van der Waals surface area contributed by atoms with Gasteiger partial charge in [0.2, 0.25) is 0 Å². The van der Waals surface area contributed by atoms with Crippen LogP contribution >= 0.6 is 0 Å². The van der Waals surface area contributed by atoms with Crippen LogP contribution in [0.5, 0.6) is 0 Å². The molecular weight excluding hydrogens is 276 g/mol. The maximum absolute atomic E-state index is 12.3. The van der Waals surface area contributed by atoms with Crippen molar-refractivity contribution in [2.75, 3.05) is 0 Å². The lowest BCUT2D eigenvalue weighted by atomic mass is 10.0. The molecular formula is C19H30O3. The van der Waals surface area contributed by atoms with Gasteiger partial charge in [-0.2, -0.15) is 0 Å². The molecule has 0 unspecified atom stereocenters. The summed E-state index contributed by atoms with van der Waals surface area (Å²) in [5, 5.41) is 0. The molecule has 0 bridgehead atoms. The van der Waals surface area contributed by atoms with Crippen molar-refractivity contribution < 1.29 is 9.21 Å². The van der Waals surface area contributed by atoms with Crippen molar-refractivity contribution in [1.82, 2.24) is 0 Å². The molecule has 22 heavy (non-hydrogen) atoms. The lowest BCUT2D eigenvalue weighted by Crippen LogP contribution is -2.18. The standard InChI is InChI=1S/C19H30O3/c1-5-7-8-9-10-11-12-13-17(20)19-14(3)18(21)16(6-2)15(4)22-19/h5-13H2,1-4H3. The molecule has 0 aliphatic carbocycles. The predicted molar refractivity (Wildman–Crippen MR) is 90.8 cm³/mol.